The first-order valence-electron chi connectivity index (χ1n) is 8.01. The van der Waals surface area contributed by atoms with Crippen LogP contribution in [0.2, 0.25) is 0 Å². The lowest BCUT2D eigenvalue weighted by Gasteiger charge is -2.39. The Morgan fingerprint density at radius 1 is 1.29 bits per heavy atom. The predicted octanol–water partition coefficient (Wildman–Crippen LogP) is 3.30. The summed E-state index contributed by atoms with van der Waals surface area (Å²) in [4.78, 5) is 0. The zero-order chi connectivity index (χ0) is 15.3. The number of hydrogen-bond donors (Lipinski definition) is 1. The van der Waals surface area contributed by atoms with Crippen LogP contribution in [0.15, 0.2) is 18.2 Å². The van der Waals surface area contributed by atoms with Gasteiger partial charge < -0.3 is 14.8 Å². The molecule has 2 rings (SSSR count). The largest absolute Gasteiger partial charge is 0.496 e. The van der Waals surface area contributed by atoms with Crippen molar-refractivity contribution in [3.05, 3.63) is 29.3 Å². The van der Waals surface area contributed by atoms with Gasteiger partial charge in [0, 0.05) is 30.7 Å². The molecule has 0 radical (unpaired) electrons. The second-order valence-corrected chi connectivity index (χ2v) is 6.62. The molecule has 1 saturated heterocycles. The van der Waals surface area contributed by atoms with Crippen molar-refractivity contribution in [3.63, 3.8) is 0 Å². The summed E-state index contributed by atoms with van der Waals surface area (Å²) in [6.45, 7) is 10.4. The lowest BCUT2D eigenvalue weighted by atomic mass is 9.73. The van der Waals surface area contributed by atoms with Crippen molar-refractivity contribution >= 4 is 0 Å². The Kier molecular flexibility index (Phi) is 5.65. The first-order chi connectivity index (χ1) is 10.1. The molecule has 1 heterocycles. The third-order valence-electron chi connectivity index (χ3n) is 4.39. The van der Waals surface area contributed by atoms with E-state index in [1.807, 2.05) is 0 Å². The van der Waals surface area contributed by atoms with E-state index in [0.717, 1.165) is 44.9 Å². The van der Waals surface area contributed by atoms with Crippen LogP contribution in [0.25, 0.3) is 0 Å². The standard InChI is InChI=1S/C18H29NO2/c1-14(2)12-19-13-18(7-9-21-10-8-18)16-11-15(3)5-6-17(16)20-4/h5-6,11,14,19H,7-10,12-13H2,1-4H3. The zero-order valence-corrected chi connectivity index (χ0v) is 13.9. The van der Waals surface area contributed by atoms with Gasteiger partial charge in [-0.25, -0.2) is 0 Å². The fraction of sp³-hybridized carbons (Fsp3) is 0.667. The van der Waals surface area contributed by atoms with Crippen molar-refractivity contribution in [1.82, 2.24) is 5.32 Å². The minimum atomic E-state index is 0.129. The molecule has 0 unspecified atom stereocenters. The van der Waals surface area contributed by atoms with E-state index >= 15 is 0 Å². The Labute approximate surface area is 129 Å². The molecule has 0 aromatic heterocycles. The van der Waals surface area contributed by atoms with E-state index in [4.69, 9.17) is 9.47 Å². The molecule has 1 aromatic carbocycles. The maximum atomic E-state index is 5.64. The number of rotatable bonds is 6. The molecule has 0 spiro atoms. The number of nitrogens with one attached hydrogen (secondary N) is 1. The molecule has 21 heavy (non-hydrogen) atoms. The van der Waals surface area contributed by atoms with Crippen LogP contribution in [0.5, 0.6) is 5.75 Å². The molecule has 0 atom stereocenters. The van der Waals surface area contributed by atoms with E-state index < -0.39 is 0 Å². The van der Waals surface area contributed by atoms with Crippen LogP contribution in [0.4, 0.5) is 0 Å². The summed E-state index contributed by atoms with van der Waals surface area (Å²) in [5, 5.41) is 3.65. The SMILES string of the molecule is COc1ccc(C)cc1C1(CNCC(C)C)CCOCC1. The zero-order valence-electron chi connectivity index (χ0n) is 13.9. The predicted molar refractivity (Wildman–Crippen MR) is 87.2 cm³/mol. The van der Waals surface area contributed by atoms with Gasteiger partial charge in [0.25, 0.3) is 0 Å². The number of hydrogen-bond acceptors (Lipinski definition) is 3. The van der Waals surface area contributed by atoms with E-state index in [1.165, 1.54) is 11.1 Å². The summed E-state index contributed by atoms with van der Waals surface area (Å²) in [6.07, 6.45) is 2.11. The number of benzene rings is 1. The van der Waals surface area contributed by atoms with Crippen LogP contribution in [0.1, 0.15) is 37.8 Å². The maximum Gasteiger partial charge on any atom is 0.122 e. The van der Waals surface area contributed by atoms with Gasteiger partial charge in [-0.2, -0.15) is 0 Å². The van der Waals surface area contributed by atoms with E-state index in [-0.39, 0.29) is 5.41 Å². The van der Waals surface area contributed by atoms with Gasteiger partial charge in [0.15, 0.2) is 0 Å². The van der Waals surface area contributed by atoms with Crippen molar-refractivity contribution < 1.29 is 9.47 Å². The normalized spacial score (nSPS) is 18.0. The first kappa shape index (κ1) is 16.3. The summed E-state index contributed by atoms with van der Waals surface area (Å²) >= 11 is 0. The molecule has 3 heteroatoms. The molecule has 1 fully saturated rings. The molecule has 1 aliphatic rings. The van der Waals surface area contributed by atoms with Crippen molar-refractivity contribution in [2.45, 2.75) is 39.0 Å². The molecule has 1 aliphatic heterocycles. The third kappa shape index (κ3) is 3.98. The van der Waals surface area contributed by atoms with Gasteiger partial charge in [-0.1, -0.05) is 31.5 Å². The molecular weight excluding hydrogens is 262 g/mol. The number of methoxy groups -OCH3 is 1. The van der Waals surface area contributed by atoms with Gasteiger partial charge in [-0.15, -0.1) is 0 Å². The van der Waals surface area contributed by atoms with Crippen LogP contribution >= 0.6 is 0 Å². The highest BCUT2D eigenvalue weighted by Gasteiger charge is 2.36. The van der Waals surface area contributed by atoms with Crippen LogP contribution in [0.3, 0.4) is 0 Å². The van der Waals surface area contributed by atoms with Crippen LogP contribution < -0.4 is 10.1 Å². The highest BCUT2D eigenvalue weighted by molar-refractivity contribution is 5.43. The third-order valence-corrected chi connectivity index (χ3v) is 4.39. The van der Waals surface area contributed by atoms with Gasteiger partial charge in [0.1, 0.15) is 5.75 Å². The van der Waals surface area contributed by atoms with E-state index in [0.29, 0.717) is 5.92 Å². The smallest absolute Gasteiger partial charge is 0.122 e. The number of aryl methyl sites for hydroxylation is 1. The average Bonchev–Trinajstić information content (AvgIpc) is 2.48. The fourth-order valence-corrected chi connectivity index (χ4v) is 3.14. The Morgan fingerprint density at radius 3 is 2.62 bits per heavy atom. The molecular formula is C18H29NO2. The minimum Gasteiger partial charge on any atom is -0.496 e. The monoisotopic (exact) mass is 291 g/mol. The Morgan fingerprint density at radius 2 is 2.00 bits per heavy atom. The molecule has 118 valence electrons. The minimum absolute atomic E-state index is 0.129. The molecule has 0 bridgehead atoms. The van der Waals surface area contributed by atoms with Crippen molar-refractivity contribution in [2.75, 3.05) is 33.4 Å². The van der Waals surface area contributed by atoms with Gasteiger partial charge in [0.05, 0.1) is 7.11 Å². The lowest BCUT2D eigenvalue weighted by molar-refractivity contribution is 0.0488. The Balaban J connectivity index is 2.28. The van der Waals surface area contributed by atoms with Crippen LogP contribution in [-0.2, 0) is 10.2 Å². The second-order valence-electron chi connectivity index (χ2n) is 6.62. The highest BCUT2D eigenvalue weighted by Crippen LogP contribution is 2.40. The van der Waals surface area contributed by atoms with Crippen molar-refractivity contribution in [1.29, 1.82) is 0 Å². The van der Waals surface area contributed by atoms with Gasteiger partial charge >= 0.3 is 0 Å². The average molecular weight is 291 g/mol. The lowest BCUT2D eigenvalue weighted by Crippen LogP contribution is -2.44. The molecule has 1 aromatic rings. The summed E-state index contributed by atoms with van der Waals surface area (Å²) in [7, 11) is 1.77. The van der Waals surface area contributed by atoms with Gasteiger partial charge in [0.2, 0.25) is 0 Å². The summed E-state index contributed by atoms with van der Waals surface area (Å²) < 4.78 is 11.2. The quantitative estimate of drug-likeness (QED) is 0.872. The molecule has 0 aliphatic carbocycles. The van der Waals surface area contributed by atoms with Gasteiger partial charge in [-0.3, -0.25) is 0 Å². The highest BCUT2D eigenvalue weighted by atomic mass is 16.5. The van der Waals surface area contributed by atoms with E-state index in [9.17, 15) is 0 Å². The van der Waals surface area contributed by atoms with Crippen LogP contribution in [-0.4, -0.2) is 33.4 Å². The van der Waals surface area contributed by atoms with E-state index in [1.54, 1.807) is 7.11 Å². The van der Waals surface area contributed by atoms with E-state index in [2.05, 4.69) is 44.3 Å². The summed E-state index contributed by atoms with van der Waals surface area (Å²) in [6, 6.07) is 6.52. The summed E-state index contributed by atoms with van der Waals surface area (Å²) in [5.41, 5.74) is 2.76. The van der Waals surface area contributed by atoms with Gasteiger partial charge in [-0.05, 0) is 38.3 Å². The molecule has 3 nitrogen and oxygen atoms in total. The second kappa shape index (κ2) is 7.28. The van der Waals surface area contributed by atoms with Crippen LogP contribution in [0, 0.1) is 12.8 Å². The van der Waals surface area contributed by atoms with Crippen molar-refractivity contribution in [2.24, 2.45) is 5.92 Å². The Bertz CT molecular complexity index is 451. The number of ether oxygens (including phenoxy) is 2. The topological polar surface area (TPSA) is 30.5 Å². The maximum absolute atomic E-state index is 5.64. The Hall–Kier alpha value is -1.06. The fourth-order valence-electron chi connectivity index (χ4n) is 3.14. The first-order valence-corrected chi connectivity index (χ1v) is 8.01. The molecule has 1 N–H and O–H groups in total. The molecule has 0 saturated carbocycles. The van der Waals surface area contributed by atoms with Crippen molar-refractivity contribution in [3.8, 4) is 5.75 Å². The summed E-state index contributed by atoms with van der Waals surface area (Å²) in [5.74, 6) is 1.68. The molecule has 0 amide bonds.